The predicted molar refractivity (Wildman–Crippen MR) is 133 cm³/mol. The number of nitrogens with one attached hydrogen (secondary N) is 2. The van der Waals surface area contributed by atoms with E-state index < -0.39 is 15.8 Å². The molecule has 7 nitrogen and oxygen atoms in total. The first-order valence-electron chi connectivity index (χ1n) is 8.80. The zero-order valence-corrected chi connectivity index (χ0v) is 20.2. The Balaban J connectivity index is 0.00000320. The minimum atomic E-state index is -4.01. The molecule has 0 bridgehead atoms. The first-order valence-corrected chi connectivity index (χ1v) is 10.3. The van der Waals surface area contributed by atoms with Gasteiger partial charge in [0.25, 0.3) is 10.0 Å². The molecule has 0 radical (unpaired) electrons. The van der Waals surface area contributed by atoms with Crippen LogP contribution < -0.4 is 20.5 Å². The molecule has 0 fully saturated rings. The highest BCUT2D eigenvalue weighted by Crippen LogP contribution is 2.31. The number of hydrogen-bond acceptors (Lipinski definition) is 6. The topological polar surface area (TPSA) is 106 Å². The lowest BCUT2D eigenvalue weighted by atomic mass is 10.1. The van der Waals surface area contributed by atoms with Gasteiger partial charge in [-0.05, 0) is 48.5 Å². The van der Waals surface area contributed by atoms with Crippen molar-refractivity contribution in [3.63, 3.8) is 0 Å². The normalized spacial score (nSPS) is 10.1. The summed E-state index contributed by atoms with van der Waals surface area (Å²) in [4.78, 5) is 3.88. The number of sulfonamides is 1. The van der Waals surface area contributed by atoms with E-state index in [4.69, 9.17) is 10.5 Å². The van der Waals surface area contributed by atoms with Crippen LogP contribution in [-0.2, 0) is 10.0 Å². The van der Waals surface area contributed by atoms with E-state index in [0.29, 0.717) is 24.3 Å². The monoisotopic (exact) mass is 524 g/mol. The van der Waals surface area contributed by atoms with Crippen molar-refractivity contribution in [1.82, 2.24) is 4.98 Å². The number of halogens is 4. The van der Waals surface area contributed by atoms with E-state index in [9.17, 15) is 12.8 Å². The maximum atomic E-state index is 14.1. The van der Waals surface area contributed by atoms with Gasteiger partial charge >= 0.3 is 0 Å². The van der Waals surface area contributed by atoms with Gasteiger partial charge in [0.1, 0.15) is 22.2 Å². The van der Waals surface area contributed by atoms with Crippen molar-refractivity contribution in [3.8, 4) is 17.0 Å². The summed E-state index contributed by atoms with van der Waals surface area (Å²) in [7, 11) is -2.65. The lowest BCUT2D eigenvalue weighted by Crippen LogP contribution is -2.15. The van der Waals surface area contributed by atoms with Crippen molar-refractivity contribution in [2.45, 2.75) is 4.90 Å². The van der Waals surface area contributed by atoms with Gasteiger partial charge in [0.15, 0.2) is 0 Å². The molecule has 0 aliphatic heterocycles. The van der Waals surface area contributed by atoms with E-state index in [2.05, 4.69) is 15.0 Å². The summed E-state index contributed by atoms with van der Waals surface area (Å²) in [6, 6.07) is 13.9. The fourth-order valence-corrected chi connectivity index (χ4v) is 4.00. The van der Waals surface area contributed by atoms with Crippen LogP contribution in [-0.4, -0.2) is 33.6 Å². The zero-order valence-electron chi connectivity index (χ0n) is 16.9. The van der Waals surface area contributed by atoms with Gasteiger partial charge in [0, 0.05) is 30.5 Å². The van der Waals surface area contributed by atoms with E-state index >= 15 is 0 Å². The highest BCUT2D eigenvalue weighted by molar-refractivity contribution is 7.92. The number of ether oxygens (including phenoxy) is 1. The number of hydrogen-bond donors (Lipinski definition) is 3. The second-order valence-electron chi connectivity index (χ2n) is 6.10. The summed E-state index contributed by atoms with van der Waals surface area (Å²) >= 11 is 0. The van der Waals surface area contributed by atoms with Crippen molar-refractivity contribution in [2.75, 3.05) is 30.2 Å². The van der Waals surface area contributed by atoms with Crippen LogP contribution in [0.5, 0.6) is 5.75 Å². The van der Waals surface area contributed by atoms with Crippen molar-refractivity contribution >= 4 is 58.6 Å². The smallest absolute Gasteiger partial charge is 0.265 e. The molecule has 12 heteroatoms. The molecule has 3 rings (SSSR count). The van der Waals surface area contributed by atoms with Crippen LogP contribution in [0.2, 0.25) is 0 Å². The van der Waals surface area contributed by atoms with Crippen molar-refractivity contribution in [1.29, 1.82) is 0 Å². The Morgan fingerprint density at radius 3 is 2.41 bits per heavy atom. The number of aromatic nitrogens is 1. The van der Waals surface area contributed by atoms with Crippen LogP contribution in [0.4, 0.5) is 15.8 Å². The van der Waals surface area contributed by atoms with Gasteiger partial charge in [0.05, 0.1) is 12.8 Å². The van der Waals surface area contributed by atoms with Crippen LogP contribution in [0.1, 0.15) is 0 Å². The number of anilines is 2. The van der Waals surface area contributed by atoms with Gasteiger partial charge < -0.3 is 15.8 Å². The molecule has 2 aromatic carbocycles. The summed E-state index contributed by atoms with van der Waals surface area (Å²) in [6.45, 7) is 1.01. The standard InChI is InChI=1S/C20H21FN4O3S.3ClH/c1-28-18-8-7-14(20-17(21)6-3-10-24-20)12-19(18)29(26,27)25-16-5-2-4-15(13-16)23-11-9-22;;;/h2-8,10,12-13,23,25H,9,11,22H2,1H3;3*1H. The predicted octanol–water partition coefficient (Wildman–Crippen LogP) is 4.33. The number of nitrogens with two attached hydrogens (primary N) is 1. The molecule has 0 saturated carbocycles. The first kappa shape index (κ1) is 29.7. The average molecular weight is 526 g/mol. The van der Waals surface area contributed by atoms with Gasteiger partial charge in [-0.25, -0.2) is 12.8 Å². The van der Waals surface area contributed by atoms with E-state index in [1.165, 1.54) is 37.6 Å². The highest BCUT2D eigenvalue weighted by Gasteiger charge is 2.22. The third kappa shape index (κ3) is 7.11. The number of nitrogens with zero attached hydrogens (tertiary/aromatic N) is 1. The molecule has 3 aromatic rings. The Morgan fingerprint density at radius 1 is 1.03 bits per heavy atom. The molecule has 0 aliphatic carbocycles. The minimum absolute atomic E-state index is 0. The third-order valence-corrected chi connectivity index (χ3v) is 5.48. The molecular weight excluding hydrogens is 502 g/mol. The average Bonchev–Trinajstić information content (AvgIpc) is 2.72. The van der Waals surface area contributed by atoms with E-state index in [1.54, 1.807) is 30.3 Å². The van der Waals surface area contributed by atoms with E-state index in [1.807, 2.05) is 0 Å². The minimum Gasteiger partial charge on any atom is -0.495 e. The van der Waals surface area contributed by atoms with Crippen molar-refractivity contribution < 1.29 is 17.5 Å². The molecule has 0 atom stereocenters. The van der Waals surface area contributed by atoms with Crippen molar-refractivity contribution in [3.05, 3.63) is 66.6 Å². The maximum Gasteiger partial charge on any atom is 0.265 e. The molecular formula is C20H24Cl3FN4O3S. The number of rotatable bonds is 8. The summed E-state index contributed by atoms with van der Waals surface area (Å²) < 4.78 is 47.9. The Labute approximate surface area is 205 Å². The lowest BCUT2D eigenvalue weighted by molar-refractivity contribution is 0.403. The molecule has 176 valence electrons. The van der Waals surface area contributed by atoms with Crippen LogP contribution >= 0.6 is 37.2 Å². The van der Waals surface area contributed by atoms with E-state index in [-0.39, 0.29) is 53.6 Å². The van der Waals surface area contributed by atoms with Gasteiger partial charge in [0.2, 0.25) is 0 Å². The largest absolute Gasteiger partial charge is 0.495 e. The van der Waals surface area contributed by atoms with Crippen molar-refractivity contribution in [2.24, 2.45) is 5.73 Å². The Bertz CT molecular complexity index is 1120. The Kier molecular flexibility index (Phi) is 12.3. The summed E-state index contributed by atoms with van der Waals surface area (Å²) in [5.74, 6) is -0.414. The lowest BCUT2D eigenvalue weighted by Gasteiger charge is -2.14. The van der Waals surface area contributed by atoms with Gasteiger partial charge in [-0.3, -0.25) is 9.71 Å². The van der Waals surface area contributed by atoms with Crippen LogP contribution in [0.15, 0.2) is 65.7 Å². The molecule has 0 saturated heterocycles. The fraction of sp³-hybridized carbons (Fsp3) is 0.150. The molecule has 4 N–H and O–H groups in total. The molecule has 0 unspecified atom stereocenters. The molecule has 0 aliphatic rings. The summed E-state index contributed by atoms with van der Waals surface area (Å²) in [5, 5.41) is 3.09. The molecule has 0 amide bonds. The Morgan fingerprint density at radius 2 is 1.75 bits per heavy atom. The second kappa shape index (κ2) is 13.3. The van der Waals surface area contributed by atoms with E-state index in [0.717, 1.165) is 5.69 Å². The summed E-state index contributed by atoms with van der Waals surface area (Å²) in [5.41, 5.74) is 6.95. The Hall–Kier alpha value is -2.30. The molecule has 0 spiro atoms. The first-order chi connectivity index (χ1) is 13.9. The van der Waals surface area contributed by atoms with Crippen LogP contribution in [0, 0.1) is 5.82 Å². The molecule has 32 heavy (non-hydrogen) atoms. The van der Waals surface area contributed by atoms with Crippen LogP contribution in [0.3, 0.4) is 0 Å². The van der Waals surface area contributed by atoms with Gasteiger partial charge in [-0.15, -0.1) is 37.2 Å². The quantitative estimate of drug-likeness (QED) is 0.404. The number of benzene rings is 2. The number of methoxy groups -OCH3 is 1. The highest BCUT2D eigenvalue weighted by atomic mass is 35.5. The SMILES string of the molecule is COc1ccc(-c2ncccc2F)cc1S(=O)(=O)Nc1cccc(NCCN)c1.Cl.Cl.Cl. The maximum absolute atomic E-state index is 14.1. The van der Waals surface area contributed by atoms with Gasteiger partial charge in [-0.1, -0.05) is 6.07 Å². The third-order valence-electron chi connectivity index (χ3n) is 4.07. The summed E-state index contributed by atoms with van der Waals surface area (Å²) in [6.07, 6.45) is 1.44. The fourth-order valence-electron chi connectivity index (χ4n) is 2.75. The number of pyridine rings is 1. The molecule has 1 heterocycles. The zero-order chi connectivity index (χ0) is 20.9. The molecule has 1 aromatic heterocycles. The van der Waals surface area contributed by atoms with Crippen LogP contribution in [0.25, 0.3) is 11.3 Å². The second-order valence-corrected chi connectivity index (χ2v) is 7.75. The van der Waals surface area contributed by atoms with Gasteiger partial charge in [-0.2, -0.15) is 0 Å².